The third kappa shape index (κ3) is 3.16. The van der Waals surface area contributed by atoms with Crippen molar-refractivity contribution in [1.29, 1.82) is 0 Å². The Labute approximate surface area is 168 Å². The maximum Gasteiger partial charge on any atom is 0.158 e. The Balaban J connectivity index is 1.38. The molecule has 0 radical (unpaired) electrons. The molecule has 5 rings (SSSR count). The summed E-state index contributed by atoms with van der Waals surface area (Å²) in [7, 11) is 0. The number of hydrogen-bond donors (Lipinski definition) is 1. The van der Waals surface area contributed by atoms with Gasteiger partial charge < -0.3 is 4.98 Å². The van der Waals surface area contributed by atoms with Gasteiger partial charge in [-0.3, -0.25) is 9.88 Å². The standard InChI is InChI=1S/C21H20Cl2N4/c22-16-4-1-3-13-6-7-14(11-15(13)16)27-10-8-18-19(12-27)26-21(25-18)20-17(23)5-2-9-24-20/h1-5,9,14H,6-8,10-12H2,(H,25,26). The first kappa shape index (κ1) is 17.2. The number of aromatic amines is 1. The van der Waals surface area contributed by atoms with Crippen molar-refractivity contribution in [3.63, 3.8) is 0 Å². The van der Waals surface area contributed by atoms with Crippen LogP contribution >= 0.6 is 23.2 Å². The van der Waals surface area contributed by atoms with Gasteiger partial charge in [-0.15, -0.1) is 0 Å². The van der Waals surface area contributed by atoms with E-state index in [-0.39, 0.29) is 0 Å². The first-order valence-electron chi connectivity index (χ1n) is 9.38. The number of H-pyrrole nitrogens is 1. The zero-order chi connectivity index (χ0) is 18.4. The summed E-state index contributed by atoms with van der Waals surface area (Å²) in [6, 6.07) is 10.5. The average Bonchev–Trinajstić information content (AvgIpc) is 3.11. The van der Waals surface area contributed by atoms with Crippen LogP contribution in [0.15, 0.2) is 36.5 Å². The topological polar surface area (TPSA) is 44.8 Å². The maximum absolute atomic E-state index is 6.46. The minimum absolute atomic E-state index is 0.524. The van der Waals surface area contributed by atoms with Crippen LogP contribution in [0.1, 0.15) is 28.9 Å². The third-order valence-electron chi connectivity index (χ3n) is 5.76. The van der Waals surface area contributed by atoms with E-state index in [1.807, 2.05) is 18.2 Å². The number of pyridine rings is 1. The van der Waals surface area contributed by atoms with E-state index in [2.05, 4.69) is 27.0 Å². The van der Waals surface area contributed by atoms with Crippen LogP contribution in [0.2, 0.25) is 10.0 Å². The van der Waals surface area contributed by atoms with Gasteiger partial charge in [0.15, 0.2) is 5.82 Å². The lowest BCUT2D eigenvalue weighted by molar-refractivity contribution is 0.160. The molecule has 3 heterocycles. The van der Waals surface area contributed by atoms with Gasteiger partial charge in [0, 0.05) is 36.8 Å². The zero-order valence-corrected chi connectivity index (χ0v) is 16.4. The third-order valence-corrected chi connectivity index (χ3v) is 6.42. The molecule has 138 valence electrons. The van der Waals surface area contributed by atoms with Gasteiger partial charge in [0.2, 0.25) is 0 Å². The summed E-state index contributed by atoms with van der Waals surface area (Å²) in [4.78, 5) is 15.2. The van der Waals surface area contributed by atoms with Gasteiger partial charge >= 0.3 is 0 Å². The Bertz CT molecular complexity index is 998. The highest BCUT2D eigenvalue weighted by molar-refractivity contribution is 6.32. The van der Waals surface area contributed by atoms with Crippen LogP contribution in [0.25, 0.3) is 11.5 Å². The molecule has 0 fully saturated rings. The Hall–Kier alpha value is -1.88. The van der Waals surface area contributed by atoms with Crippen molar-refractivity contribution < 1.29 is 0 Å². The normalized spacial score (nSPS) is 19.6. The Morgan fingerprint density at radius 2 is 1.96 bits per heavy atom. The fourth-order valence-corrected chi connectivity index (χ4v) is 4.82. The lowest BCUT2D eigenvalue weighted by atomic mass is 9.87. The molecule has 0 saturated carbocycles. The minimum Gasteiger partial charge on any atom is -0.339 e. The van der Waals surface area contributed by atoms with E-state index in [0.717, 1.165) is 54.6 Å². The van der Waals surface area contributed by atoms with Crippen molar-refractivity contribution in [2.45, 2.75) is 38.3 Å². The molecule has 27 heavy (non-hydrogen) atoms. The quantitative estimate of drug-likeness (QED) is 0.680. The number of nitrogens with zero attached hydrogens (tertiary/aromatic N) is 3. The van der Waals surface area contributed by atoms with Crippen LogP contribution in [0.5, 0.6) is 0 Å². The summed E-state index contributed by atoms with van der Waals surface area (Å²) in [5, 5.41) is 1.53. The predicted octanol–water partition coefficient (Wildman–Crippen LogP) is 4.69. The molecule has 0 spiro atoms. The summed E-state index contributed by atoms with van der Waals surface area (Å²) in [5.41, 5.74) is 5.77. The van der Waals surface area contributed by atoms with E-state index in [0.29, 0.717) is 11.1 Å². The van der Waals surface area contributed by atoms with Crippen LogP contribution in [0.3, 0.4) is 0 Å². The van der Waals surface area contributed by atoms with Gasteiger partial charge in [-0.25, -0.2) is 4.98 Å². The average molecular weight is 399 g/mol. The molecule has 1 aliphatic heterocycles. The molecule has 1 aromatic carbocycles. The molecule has 6 heteroatoms. The summed E-state index contributed by atoms with van der Waals surface area (Å²) < 4.78 is 0. The number of aryl methyl sites for hydroxylation is 1. The first-order chi connectivity index (χ1) is 13.2. The maximum atomic E-state index is 6.46. The molecule has 0 amide bonds. The highest BCUT2D eigenvalue weighted by Crippen LogP contribution is 2.32. The van der Waals surface area contributed by atoms with Gasteiger partial charge in [-0.2, -0.15) is 0 Å². The summed E-state index contributed by atoms with van der Waals surface area (Å²) in [6.07, 6.45) is 6.00. The van der Waals surface area contributed by atoms with Gasteiger partial charge in [0.25, 0.3) is 0 Å². The van der Waals surface area contributed by atoms with Gasteiger partial charge in [0.1, 0.15) is 5.69 Å². The predicted molar refractivity (Wildman–Crippen MR) is 108 cm³/mol. The number of rotatable bonds is 2. The molecule has 3 aromatic rings. The first-order valence-corrected chi connectivity index (χ1v) is 10.1. The Morgan fingerprint density at radius 3 is 2.85 bits per heavy atom. The Kier molecular flexibility index (Phi) is 4.43. The number of imidazole rings is 1. The van der Waals surface area contributed by atoms with E-state index in [1.54, 1.807) is 6.20 Å². The molecule has 1 unspecified atom stereocenters. The van der Waals surface area contributed by atoms with Gasteiger partial charge in [0.05, 0.1) is 16.4 Å². The van der Waals surface area contributed by atoms with E-state index >= 15 is 0 Å². The number of nitrogens with one attached hydrogen (secondary N) is 1. The largest absolute Gasteiger partial charge is 0.339 e. The van der Waals surface area contributed by atoms with Crippen molar-refractivity contribution in [3.8, 4) is 11.5 Å². The van der Waals surface area contributed by atoms with Crippen molar-refractivity contribution in [3.05, 3.63) is 69.1 Å². The number of aromatic nitrogens is 3. The SMILES string of the molecule is Clc1cccnc1-c1nc2c([nH]1)CN(C1CCc3cccc(Cl)c3C1)CC2. The minimum atomic E-state index is 0.524. The van der Waals surface area contributed by atoms with Crippen LogP contribution in [0, 0.1) is 0 Å². The van der Waals surface area contributed by atoms with Crippen molar-refractivity contribution in [2.75, 3.05) is 6.54 Å². The van der Waals surface area contributed by atoms with E-state index in [9.17, 15) is 0 Å². The molecule has 0 saturated heterocycles. The summed E-state index contributed by atoms with van der Waals surface area (Å²) >= 11 is 12.7. The summed E-state index contributed by atoms with van der Waals surface area (Å²) in [5.74, 6) is 0.768. The van der Waals surface area contributed by atoms with Crippen molar-refractivity contribution in [1.82, 2.24) is 19.9 Å². The fourth-order valence-electron chi connectivity index (χ4n) is 4.34. The van der Waals surface area contributed by atoms with Gasteiger partial charge in [-0.05, 0) is 48.6 Å². The smallest absolute Gasteiger partial charge is 0.158 e. The molecule has 1 N–H and O–H groups in total. The fraction of sp³-hybridized carbons (Fsp3) is 0.333. The molecular weight excluding hydrogens is 379 g/mol. The highest BCUT2D eigenvalue weighted by Gasteiger charge is 2.29. The number of fused-ring (bicyclic) bond motifs is 2. The molecule has 2 aromatic heterocycles. The second-order valence-electron chi connectivity index (χ2n) is 7.34. The van der Waals surface area contributed by atoms with Crippen molar-refractivity contribution >= 4 is 23.2 Å². The summed E-state index contributed by atoms with van der Waals surface area (Å²) in [6.45, 7) is 1.91. The number of hydrogen-bond acceptors (Lipinski definition) is 3. The Morgan fingerprint density at radius 1 is 1.07 bits per heavy atom. The number of halogens is 2. The van der Waals surface area contributed by atoms with Gasteiger partial charge in [-0.1, -0.05) is 35.3 Å². The van der Waals surface area contributed by atoms with Crippen LogP contribution < -0.4 is 0 Å². The monoisotopic (exact) mass is 398 g/mol. The van der Waals surface area contributed by atoms with E-state index in [1.165, 1.54) is 23.2 Å². The zero-order valence-electron chi connectivity index (χ0n) is 14.9. The molecule has 0 bridgehead atoms. The lowest BCUT2D eigenvalue weighted by Crippen LogP contribution is -2.42. The second kappa shape index (κ2) is 6.93. The second-order valence-corrected chi connectivity index (χ2v) is 8.15. The molecular formula is C21H20Cl2N4. The molecule has 2 aliphatic rings. The van der Waals surface area contributed by atoms with Crippen LogP contribution in [-0.4, -0.2) is 32.4 Å². The van der Waals surface area contributed by atoms with Crippen molar-refractivity contribution in [2.24, 2.45) is 0 Å². The van der Waals surface area contributed by atoms with Crippen LogP contribution in [-0.2, 0) is 25.8 Å². The molecule has 1 atom stereocenters. The molecule has 4 nitrogen and oxygen atoms in total. The van der Waals surface area contributed by atoms with E-state index in [4.69, 9.17) is 28.2 Å². The lowest BCUT2D eigenvalue weighted by Gasteiger charge is -2.37. The molecule has 1 aliphatic carbocycles. The number of benzene rings is 1. The van der Waals surface area contributed by atoms with E-state index < -0.39 is 0 Å². The highest BCUT2D eigenvalue weighted by atomic mass is 35.5. The van der Waals surface area contributed by atoms with Crippen LogP contribution in [0.4, 0.5) is 0 Å².